The minimum absolute atomic E-state index is 0.0692. The second kappa shape index (κ2) is 9.03. The number of hydrogen-bond donors (Lipinski definition) is 1. The Morgan fingerprint density at radius 2 is 1.92 bits per heavy atom. The number of nitrogens with zero attached hydrogens (tertiary/aromatic N) is 2. The van der Waals surface area contributed by atoms with Crippen molar-refractivity contribution in [2.45, 2.75) is 21.9 Å². The van der Waals surface area contributed by atoms with Crippen molar-refractivity contribution in [2.24, 2.45) is 0 Å². The molecule has 0 saturated carbocycles. The maximum absolute atomic E-state index is 12.0. The summed E-state index contributed by atoms with van der Waals surface area (Å²) in [4.78, 5) is 13.1. The lowest BCUT2D eigenvalue weighted by Gasteiger charge is -2.01. The molecule has 0 spiro atoms. The normalized spacial score (nSPS) is 10.6. The average Bonchev–Trinajstić information content (AvgIpc) is 3.06. The molecule has 1 heterocycles. The highest BCUT2D eigenvalue weighted by molar-refractivity contribution is 8.00. The van der Waals surface area contributed by atoms with Crippen molar-refractivity contribution in [1.29, 1.82) is 0 Å². The number of amides is 1. The zero-order valence-electron chi connectivity index (χ0n) is 13.6. The highest BCUT2D eigenvalue weighted by Crippen LogP contribution is 2.28. The first-order valence-corrected chi connectivity index (χ1v) is 10.5. The number of aromatic nitrogens is 2. The Hall–Kier alpha value is -1.83. The van der Waals surface area contributed by atoms with E-state index in [2.05, 4.69) is 46.7 Å². The van der Waals surface area contributed by atoms with Crippen LogP contribution >= 0.6 is 34.9 Å². The van der Waals surface area contributed by atoms with Crippen molar-refractivity contribution in [1.82, 2.24) is 10.2 Å². The Labute approximate surface area is 159 Å². The predicted molar refractivity (Wildman–Crippen MR) is 106 cm³/mol. The molecular weight excluding hydrogens is 370 g/mol. The van der Waals surface area contributed by atoms with E-state index in [1.54, 1.807) is 11.8 Å². The topological polar surface area (TPSA) is 54.9 Å². The minimum Gasteiger partial charge on any atom is -0.300 e. The van der Waals surface area contributed by atoms with Crippen LogP contribution in [0.5, 0.6) is 0 Å². The summed E-state index contributed by atoms with van der Waals surface area (Å²) in [7, 11) is 0. The number of anilines is 1. The van der Waals surface area contributed by atoms with Crippen LogP contribution in [0.25, 0.3) is 0 Å². The Bertz CT molecular complexity index is 836. The number of aryl methyl sites for hydroxylation is 1. The van der Waals surface area contributed by atoms with Crippen LogP contribution in [0.2, 0.25) is 0 Å². The van der Waals surface area contributed by atoms with Crippen molar-refractivity contribution in [2.75, 3.05) is 11.1 Å². The molecule has 25 heavy (non-hydrogen) atoms. The molecule has 4 nitrogen and oxygen atoms in total. The molecule has 1 N–H and O–H groups in total. The van der Waals surface area contributed by atoms with E-state index in [4.69, 9.17) is 0 Å². The van der Waals surface area contributed by atoms with E-state index in [1.165, 1.54) is 34.2 Å². The Morgan fingerprint density at radius 1 is 1.08 bits per heavy atom. The van der Waals surface area contributed by atoms with E-state index in [0.29, 0.717) is 10.9 Å². The van der Waals surface area contributed by atoms with E-state index in [-0.39, 0.29) is 5.91 Å². The first-order chi connectivity index (χ1) is 12.2. The molecular formula is C18H17N3OS3. The van der Waals surface area contributed by atoms with E-state index in [0.717, 1.165) is 15.0 Å². The third kappa shape index (κ3) is 5.88. The van der Waals surface area contributed by atoms with Gasteiger partial charge in [0.1, 0.15) is 0 Å². The zero-order chi connectivity index (χ0) is 17.5. The van der Waals surface area contributed by atoms with E-state index < -0.39 is 0 Å². The molecule has 0 aliphatic rings. The summed E-state index contributed by atoms with van der Waals surface area (Å²) in [5, 5.41) is 11.5. The summed E-state index contributed by atoms with van der Waals surface area (Å²) in [6.45, 7) is 2.08. The van der Waals surface area contributed by atoms with Crippen LogP contribution < -0.4 is 5.32 Å². The maximum atomic E-state index is 12.0. The molecule has 0 atom stereocenters. The lowest BCUT2D eigenvalue weighted by atomic mass is 10.2. The second-order valence-corrected chi connectivity index (χ2v) is 8.55. The molecule has 0 radical (unpaired) electrons. The summed E-state index contributed by atoms with van der Waals surface area (Å²) < 4.78 is 0.854. The van der Waals surface area contributed by atoms with Crippen molar-refractivity contribution in [3.8, 4) is 0 Å². The zero-order valence-corrected chi connectivity index (χ0v) is 16.1. The molecule has 0 fully saturated rings. The summed E-state index contributed by atoms with van der Waals surface area (Å²) >= 11 is 4.54. The van der Waals surface area contributed by atoms with Crippen LogP contribution in [0.4, 0.5) is 5.13 Å². The number of benzene rings is 2. The summed E-state index contributed by atoms with van der Waals surface area (Å²) in [6, 6.07) is 18.3. The van der Waals surface area contributed by atoms with E-state index in [9.17, 15) is 4.79 Å². The molecule has 0 bridgehead atoms. The van der Waals surface area contributed by atoms with Gasteiger partial charge >= 0.3 is 0 Å². The van der Waals surface area contributed by atoms with Crippen molar-refractivity contribution >= 4 is 45.9 Å². The average molecular weight is 388 g/mol. The fraction of sp³-hybridized carbons (Fsp3) is 0.167. The van der Waals surface area contributed by atoms with Gasteiger partial charge in [0.05, 0.1) is 5.75 Å². The van der Waals surface area contributed by atoms with Crippen LogP contribution in [-0.4, -0.2) is 21.9 Å². The maximum Gasteiger partial charge on any atom is 0.236 e. The van der Waals surface area contributed by atoms with Crippen LogP contribution in [-0.2, 0) is 10.5 Å². The van der Waals surface area contributed by atoms with Crippen LogP contribution in [0.15, 0.2) is 63.8 Å². The largest absolute Gasteiger partial charge is 0.300 e. The standard InChI is InChI=1S/C18H17N3OS3/c1-13-6-5-7-14(10-13)11-24-18-21-20-17(25-18)19-16(22)12-23-15-8-3-2-4-9-15/h2-10H,11-12H2,1H3,(H,19,20,22). The van der Waals surface area contributed by atoms with Gasteiger partial charge in [0.2, 0.25) is 11.0 Å². The highest BCUT2D eigenvalue weighted by Gasteiger charge is 2.09. The minimum atomic E-state index is -0.0692. The Balaban J connectivity index is 1.47. The van der Waals surface area contributed by atoms with Gasteiger partial charge < -0.3 is 0 Å². The van der Waals surface area contributed by atoms with Gasteiger partial charge in [-0.15, -0.1) is 22.0 Å². The molecule has 1 amide bonds. The Kier molecular flexibility index (Phi) is 6.49. The van der Waals surface area contributed by atoms with Crippen molar-refractivity contribution < 1.29 is 4.79 Å². The predicted octanol–water partition coefficient (Wildman–Crippen LogP) is 4.87. The van der Waals surface area contributed by atoms with E-state index >= 15 is 0 Å². The fourth-order valence-corrected chi connectivity index (χ4v) is 4.52. The first kappa shape index (κ1) is 18.0. The van der Waals surface area contributed by atoms with Crippen LogP contribution in [0, 0.1) is 6.92 Å². The molecule has 0 aliphatic carbocycles. The smallest absolute Gasteiger partial charge is 0.236 e. The second-order valence-electron chi connectivity index (χ2n) is 5.30. The molecule has 7 heteroatoms. The van der Waals surface area contributed by atoms with Crippen molar-refractivity contribution in [3.05, 3.63) is 65.7 Å². The molecule has 2 aromatic carbocycles. The van der Waals surface area contributed by atoms with Gasteiger partial charge in [-0.2, -0.15) is 0 Å². The SMILES string of the molecule is Cc1cccc(CSc2nnc(NC(=O)CSc3ccccc3)s2)c1. The van der Waals surface area contributed by atoms with E-state index in [1.807, 2.05) is 30.3 Å². The lowest BCUT2D eigenvalue weighted by Crippen LogP contribution is -2.13. The number of thioether (sulfide) groups is 2. The van der Waals surface area contributed by atoms with Gasteiger partial charge in [-0.25, -0.2) is 0 Å². The number of hydrogen-bond acceptors (Lipinski definition) is 6. The first-order valence-electron chi connectivity index (χ1n) is 7.68. The third-order valence-corrected chi connectivity index (χ3v) is 6.27. The number of nitrogens with one attached hydrogen (secondary N) is 1. The number of carbonyl (C=O) groups is 1. The molecule has 128 valence electrons. The monoisotopic (exact) mass is 387 g/mol. The lowest BCUT2D eigenvalue weighted by molar-refractivity contribution is -0.113. The van der Waals surface area contributed by atoms with Crippen LogP contribution in [0.3, 0.4) is 0 Å². The van der Waals surface area contributed by atoms with Gasteiger partial charge in [0.15, 0.2) is 4.34 Å². The summed E-state index contributed by atoms with van der Waals surface area (Å²) in [6.07, 6.45) is 0. The summed E-state index contributed by atoms with van der Waals surface area (Å²) in [5.74, 6) is 1.13. The van der Waals surface area contributed by atoms with Gasteiger partial charge in [-0.05, 0) is 24.6 Å². The molecule has 3 rings (SSSR count). The van der Waals surface area contributed by atoms with Gasteiger partial charge in [-0.3, -0.25) is 10.1 Å². The molecule has 0 unspecified atom stereocenters. The summed E-state index contributed by atoms with van der Waals surface area (Å²) in [5.41, 5.74) is 2.50. The Morgan fingerprint density at radius 3 is 2.72 bits per heavy atom. The number of carbonyl (C=O) groups excluding carboxylic acids is 1. The molecule has 1 aromatic heterocycles. The van der Waals surface area contributed by atoms with Gasteiger partial charge in [0.25, 0.3) is 0 Å². The molecule has 0 saturated heterocycles. The van der Waals surface area contributed by atoms with Gasteiger partial charge in [0, 0.05) is 10.6 Å². The van der Waals surface area contributed by atoms with Crippen molar-refractivity contribution in [3.63, 3.8) is 0 Å². The molecule has 3 aromatic rings. The quantitative estimate of drug-likeness (QED) is 0.463. The van der Waals surface area contributed by atoms with Gasteiger partial charge in [-0.1, -0.05) is 71.1 Å². The molecule has 0 aliphatic heterocycles. The fourth-order valence-electron chi connectivity index (χ4n) is 2.09. The van der Waals surface area contributed by atoms with Crippen LogP contribution in [0.1, 0.15) is 11.1 Å². The number of rotatable bonds is 7. The third-order valence-electron chi connectivity index (χ3n) is 3.21. The highest BCUT2D eigenvalue weighted by atomic mass is 32.2.